The Bertz CT molecular complexity index is 402. The third kappa shape index (κ3) is 5.02. The van der Waals surface area contributed by atoms with E-state index in [1.165, 1.54) is 19.3 Å². The number of rotatable bonds is 5. The minimum absolute atomic E-state index is 0. The molecule has 112 valence electrons. The van der Waals surface area contributed by atoms with Crippen molar-refractivity contribution in [2.24, 2.45) is 0 Å². The normalized spacial score (nSPS) is 15.2. The van der Waals surface area contributed by atoms with Crippen molar-refractivity contribution in [1.29, 1.82) is 0 Å². The molecule has 0 N–H and O–H groups in total. The van der Waals surface area contributed by atoms with E-state index in [4.69, 9.17) is 9.47 Å². The van der Waals surface area contributed by atoms with Crippen molar-refractivity contribution in [3.8, 4) is 5.75 Å². The summed E-state index contributed by atoms with van der Waals surface area (Å²) in [5.74, 6) is 0.476. The second kappa shape index (κ2) is 8.82. The van der Waals surface area contributed by atoms with Crippen LogP contribution in [0.1, 0.15) is 29.6 Å². The maximum Gasteiger partial charge on any atom is 0.338 e. The highest BCUT2D eigenvalue weighted by molar-refractivity contribution is 5.89. The van der Waals surface area contributed by atoms with E-state index in [1.54, 1.807) is 31.4 Å². The highest BCUT2D eigenvalue weighted by Crippen LogP contribution is 2.12. The molecule has 0 aliphatic carbocycles. The van der Waals surface area contributed by atoms with Gasteiger partial charge in [0.05, 0.1) is 12.7 Å². The van der Waals surface area contributed by atoms with Crippen LogP contribution in [0.2, 0.25) is 0 Å². The van der Waals surface area contributed by atoms with Crippen molar-refractivity contribution >= 4 is 18.4 Å². The third-order valence-corrected chi connectivity index (χ3v) is 3.42. The van der Waals surface area contributed by atoms with Gasteiger partial charge in [-0.15, -0.1) is 12.4 Å². The number of halogens is 1. The first-order valence-corrected chi connectivity index (χ1v) is 6.83. The van der Waals surface area contributed by atoms with Gasteiger partial charge in [0.15, 0.2) is 0 Å². The van der Waals surface area contributed by atoms with Crippen molar-refractivity contribution in [3.05, 3.63) is 29.8 Å². The summed E-state index contributed by atoms with van der Waals surface area (Å²) in [7, 11) is 1.60. The van der Waals surface area contributed by atoms with Gasteiger partial charge in [-0.3, -0.25) is 4.90 Å². The van der Waals surface area contributed by atoms with E-state index in [9.17, 15) is 4.79 Å². The molecule has 1 aromatic carbocycles. The minimum atomic E-state index is -0.264. The molecule has 20 heavy (non-hydrogen) atoms. The van der Waals surface area contributed by atoms with Gasteiger partial charge >= 0.3 is 5.97 Å². The number of hydrogen-bond acceptors (Lipinski definition) is 4. The summed E-state index contributed by atoms with van der Waals surface area (Å²) in [5, 5.41) is 0. The summed E-state index contributed by atoms with van der Waals surface area (Å²) in [6.45, 7) is 3.55. The van der Waals surface area contributed by atoms with E-state index in [2.05, 4.69) is 4.90 Å². The highest BCUT2D eigenvalue weighted by Gasteiger charge is 2.11. The molecule has 2 rings (SSSR count). The molecule has 4 nitrogen and oxygen atoms in total. The smallest absolute Gasteiger partial charge is 0.338 e. The van der Waals surface area contributed by atoms with Crippen molar-refractivity contribution in [3.63, 3.8) is 0 Å². The third-order valence-electron chi connectivity index (χ3n) is 3.42. The number of piperidine rings is 1. The lowest BCUT2D eigenvalue weighted by Crippen LogP contribution is -2.33. The van der Waals surface area contributed by atoms with Crippen molar-refractivity contribution in [2.45, 2.75) is 19.3 Å². The molecule has 0 radical (unpaired) electrons. The molecule has 5 heteroatoms. The lowest BCUT2D eigenvalue weighted by molar-refractivity contribution is 0.0452. The van der Waals surface area contributed by atoms with Crippen LogP contribution in [0, 0.1) is 0 Å². The van der Waals surface area contributed by atoms with E-state index in [1.807, 2.05) is 0 Å². The van der Waals surface area contributed by atoms with E-state index in [-0.39, 0.29) is 18.4 Å². The second-order valence-corrected chi connectivity index (χ2v) is 4.77. The average Bonchev–Trinajstić information content (AvgIpc) is 2.48. The molecule has 1 aliphatic heterocycles. The summed E-state index contributed by atoms with van der Waals surface area (Å²) in [5.41, 5.74) is 0.569. The lowest BCUT2D eigenvalue weighted by atomic mass is 10.1. The van der Waals surface area contributed by atoms with Crippen LogP contribution in [-0.4, -0.2) is 44.2 Å². The number of likely N-dealkylation sites (tertiary alicyclic amines) is 1. The van der Waals surface area contributed by atoms with Gasteiger partial charge in [0, 0.05) is 6.54 Å². The number of carbonyl (C=O) groups excluding carboxylic acids is 1. The van der Waals surface area contributed by atoms with Crippen LogP contribution in [0.15, 0.2) is 24.3 Å². The molecule has 0 amide bonds. The topological polar surface area (TPSA) is 38.8 Å². The van der Waals surface area contributed by atoms with Gasteiger partial charge in [-0.05, 0) is 50.2 Å². The number of carbonyl (C=O) groups is 1. The molecule has 0 spiro atoms. The van der Waals surface area contributed by atoms with Gasteiger partial charge in [-0.25, -0.2) is 4.79 Å². The first-order valence-electron chi connectivity index (χ1n) is 6.83. The quantitative estimate of drug-likeness (QED) is 0.784. The lowest BCUT2D eigenvalue weighted by Gasteiger charge is -2.25. The Morgan fingerprint density at radius 1 is 1.15 bits per heavy atom. The zero-order chi connectivity index (χ0) is 13.5. The first kappa shape index (κ1) is 16.8. The molecular formula is C15H22ClNO3. The Kier molecular flexibility index (Phi) is 7.41. The predicted octanol–water partition coefficient (Wildman–Crippen LogP) is 2.76. The van der Waals surface area contributed by atoms with Crippen LogP contribution >= 0.6 is 12.4 Å². The van der Waals surface area contributed by atoms with Crippen molar-refractivity contribution in [1.82, 2.24) is 4.90 Å². The summed E-state index contributed by atoms with van der Waals surface area (Å²) in [6.07, 6.45) is 3.83. The maximum absolute atomic E-state index is 11.8. The first-order chi connectivity index (χ1) is 9.29. The van der Waals surface area contributed by atoms with Gasteiger partial charge in [-0.1, -0.05) is 6.42 Å². The molecule has 1 heterocycles. The van der Waals surface area contributed by atoms with E-state index >= 15 is 0 Å². The number of nitrogens with zero attached hydrogens (tertiary/aromatic N) is 1. The molecule has 1 fully saturated rings. The van der Waals surface area contributed by atoms with Crippen LogP contribution in [0.5, 0.6) is 5.75 Å². The molecule has 0 bridgehead atoms. The van der Waals surface area contributed by atoms with Gasteiger partial charge < -0.3 is 9.47 Å². The molecule has 1 saturated heterocycles. The maximum atomic E-state index is 11.8. The van der Waals surface area contributed by atoms with E-state index in [0.29, 0.717) is 12.2 Å². The van der Waals surface area contributed by atoms with Crippen molar-refractivity contribution in [2.75, 3.05) is 33.4 Å². The number of ether oxygens (including phenoxy) is 2. The minimum Gasteiger partial charge on any atom is -0.497 e. The molecule has 0 saturated carbocycles. The van der Waals surface area contributed by atoms with Gasteiger partial charge in [0.1, 0.15) is 12.4 Å². The summed E-state index contributed by atoms with van der Waals surface area (Å²) >= 11 is 0. The molecule has 0 unspecified atom stereocenters. The molecule has 1 aromatic rings. The van der Waals surface area contributed by atoms with Crippen LogP contribution in [0.25, 0.3) is 0 Å². The zero-order valence-electron chi connectivity index (χ0n) is 11.8. The summed E-state index contributed by atoms with van der Waals surface area (Å²) < 4.78 is 10.3. The molecule has 0 atom stereocenters. The second-order valence-electron chi connectivity index (χ2n) is 4.77. The number of esters is 1. The fourth-order valence-corrected chi connectivity index (χ4v) is 2.26. The van der Waals surface area contributed by atoms with Gasteiger partial charge in [-0.2, -0.15) is 0 Å². The predicted molar refractivity (Wildman–Crippen MR) is 80.8 cm³/mol. The van der Waals surface area contributed by atoms with Crippen LogP contribution in [-0.2, 0) is 4.74 Å². The SMILES string of the molecule is COc1ccc(C(=O)OCCN2CCCCC2)cc1.Cl. The van der Waals surface area contributed by atoms with E-state index < -0.39 is 0 Å². The molecule has 1 aliphatic rings. The fraction of sp³-hybridized carbons (Fsp3) is 0.533. The van der Waals surface area contributed by atoms with E-state index in [0.717, 1.165) is 25.4 Å². The molecular weight excluding hydrogens is 278 g/mol. The summed E-state index contributed by atoms with van der Waals surface area (Å²) in [6, 6.07) is 6.98. The Morgan fingerprint density at radius 3 is 2.40 bits per heavy atom. The van der Waals surface area contributed by atoms with Crippen LogP contribution in [0.3, 0.4) is 0 Å². The number of hydrogen-bond donors (Lipinski definition) is 0. The Morgan fingerprint density at radius 2 is 1.80 bits per heavy atom. The van der Waals surface area contributed by atoms with Crippen LogP contribution in [0.4, 0.5) is 0 Å². The zero-order valence-corrected chi connectivity index (χ0v) is 12.7. The Hall–Kier alpha value is -1.26. The number of benzene rings is 1. The molecule has 0 aromatic heterocycles. The Balaban J connectivity index is 0.00000200. The fourth-order valence-electron chi connectivity index (χ4n) is 2.26. The highest BCUT2D eigenvalue weighted by atomic mass is 35.5. The standard InChI is InChI=1S/C15H21NO3.ClH/c1-18-14-7-5-13(6-8-14)15(17)19-12-11-16-9-3-2-4-10-16;/h5-8H,2-4,9-12H2,1H3;1H. The van der Waals surface area contributed by atoms with Crippen molar-refractivity contribution < 1.29 is 14.3 Å². The van der Waals surface area contributed by atoms with Crippen LogP contribution < -0.4 is 4.74 Å². The number of methoxy groups -OCH3 is 1. The largest absolute Gasteiger partial charge is 0.497 e. The average molecular weight is 300 g/mol. The monoisotopic (exact) mass is 299 g/mol. The summed E-state index contributed by atoms with van der Waals surface area (Å²) in [4.78, 5) is 14.2. The Labute approximate surface area is 126 Å². The van der Waals surface area contributed by atoms with Gasteiger partial charge in [0.2, 0.25) is 0 Å². The van der Waals surface area contributed by atoms with Gasteiger partial charge in [0.25, 0.3) is 0 Å².